The van der Waals surface area contributed by atoms with Crippen molar-refractivity contribution in [2.75, 3.05) is 0 Å². The maximum atomic E-state index is 13.6. The highest BCUT2D eigenvalue weighted by Gasteiger charge is 2.16. The molecule has 1 unspecified atom stereocenters. The van der Waals surface area contributed by atoms with Gasteiger partial charge in [0.05, 0.1) is 5.02 Å². The summed E-state index contributed by atoms with van der Waals surface area (Å²) in [6.45, 7) is 0. The average molecular weight is 347 g/mol. The van der Waals surface area contributed by atoms with Crippen LogP contribution in [0.25, 0.3) is 0 Å². The van der Waals surface area contributed by atoms with Gasteiger partial charge >= 0.3 is 0 Å². The minimum Gasteiger partial charge on any atom is -0.324 e. The fourth-order valence-corrected chi connectivity index (χ4v) is 2.51. The second-order valence-electron chi connectivity index (χ2n) is 4.17. The number of rotatable bonds is 3. The molecule has 2 N–H and O–H groups in total. The van der Waals surface area contributed by atoms with Crippen LogP contribution >= 0.6 is 27.5 Å². The molecule has 0 aromatic heterocycles. The van der Waals surface area contributed by atoms with E-state index in [9.17, 15) is 8.78 Å². The molecule has 0 fully saturated rings. The van der Waals surface area contributed by atoms with Gasteiger partial charge in [-0.25, -0.2) is 8.78 Å². The summed E-state index contributed by atoms with van der Waals surface area (Å²) in [5, 5.41) is 0.492. The monoisotopic (exact) mass is 345 g/mol. The van der Waals surface area contributed by atoms with Crippen LogP contribution in [-0.2, 0) is 6.42 Å². The number of hydrogen-bond acceptors (Lipinski definition) is 1. The standard InChI is InChI=1S/C14H11BrClF2N/c15-10-5-2-4-9(13(10)16)12(19)7-8-3-1-6-11(17)14(8)18/h1-6,12H,7,19H2. The minimum absolute atomic E-state index is 0.180. The highest BCUT2D eigenvalue weighted by molar-refractivity contribution is 9.10. The van der Waals surface area contributed by atoms with Gasteiger partial charge in [0, 0.05) is 10.5 Å². The highest BCUT2D eigenvalue weighted by atomic mass is 79.9. The maximum absolute atomic E-state index is 13.6. The Morgan fingerprint density at radius 2 is 1.84 bits per heavy atom. The molecule has 1 nitrogen and oxygen atoms in total. The van der Waals surface area contributed by atoms with Crippen molar-refractivity contribution >= 4 is 27.5 Å². The van der Waals surface area contributed by atoms with Crippen molar-refractivity contribution in [2.24, 2.45) is 5.73 Å². The SMILES string of the molecule is NC(Cc1cccc(F)c1F)c1cccc(Br)c1Cl. The Morgan fingerprint density at radius 1 is 1.16 bits per heavy atom. The van der Waals surface area contributed by atoms with E-state index in [1.165, 1.54) is 12.1 Å². The molecule has 0 spiro atoms. The summed E-state index contributed by atoms with van der Waals surface area (Å²) in [4.78, 5) is 0. The van der Waals surface area contributed by atoms with E-state index in [0.29, 0.717) is 10.6 Å². The summed E-state index contributed by atoms with van der Waals surface area (Å²) >= 11 is 9.43. The molecule has 0 saturated carbocycles. The Morgan fingerprint density at radius 3 is 2.58 bits per heavy atom. The molecule has 0 aliphatic carbocycles. The maximum Gasteiger partial charge on any atom is 0.162 e. The van der Waals surface area contributed by atoms with E-state index in [4.69, 9.17) is 17.3 Å². The van der Waals surface area contributed by atoms with E-state index in [-0.39, 0.29) is 12.0 Å². The molecule has 100 valence electrons. The Balaban J connectivity index is 2.28. The molecular formula is C14H11BrClF2N. The normalized spacial score (nSPS) is 12.5. The molecular weight excluding hydrogens is 336 g/mol. The second-order valence-corrected chi connectivity index (χ2v) is 5.40. The van der Waals surface area contributed by atoms with Gasteiger partial charge in [-0.2, -0.15) is 0 Å². The molecule has 0 aliphatic rings. The fourth-order valence-electron chi connectivity index (χ4n) is 1.86. The third-order valence-electron chi connectivity index (χ3n) is 2.85. The predicted octanol–water partition coefficient (Wildman–Crippen LogP) is 4.62. The van der Waals surface area contributed by atoms with Gasteiger partial charge < -0.3 is 5.73 Å². The van der Waals surface area contributed by atoms with Gasteiger partial charge in [0.15, 0.2) is 11.6 Å². The summed E-state index contributed by atoms with van der Waals surface area (Å²) in [7, 11) is 0. The van der Waals surface area contributed by atoms with Crippen molar-refractivity contribution < 1.29 is 8.78 Å². The van der Waals surface area contributed by atoms with Crippen LogP contribution in [0.4, 0.5) is 8.78 Å². The zero-order valence-electron chi connectivity index (χ0n) is 9.84. The smallest absolute Gasteiger partial charge is 0.162 e. The second kappa shape index (κ2) is 5.99. The zero-order valence-corrected chi connectivity index (χ0v) is 12.2. The lowest BCUT2D eigenvalue weighted by molar-refractivity contribution is 0.494. The summed E-state index contributed by atoms with van der Waals surface area (Å²) in [5.74, 6) is -1.73. The van der Waals surface area contributed by atoms with Crippen LogP contribution in [-0.4, -0.2) is 0 Å². The Bertz CT molecular complexity index is 604. The van der Waals surface area contributed by atoms with Crippen LogP contribution in [0.5, 0.6) is 0 Å². The average Bonchev–Trinajstić information content (AvgIpc) is 2.38. The minimum atomic E-state index is -0.870. The molecule has 0 amide bonds. The zero-order chi connectivity index (χ0) is 14.0. The molecule has 0 heterocycles. The van der Waals surface area contributed by atoms with Gasteiger partial charge in [-0.05, 0) is 45.6 Å². The van der Waals surface area contributed by atoms with Gasteiger partial charge in [-0.15, -0.1) is 0 Å². The molecule has 2 rings (SSSR count). The highest BCUT2D eigenvalue weighted by Crippen LogP contribution is 2.31. The molecule has 1 atom stereocenters. The van der Waals surface area contributed by atoms with Crippen molar-refractivity contribution in [3.05, 3.63) is 68.7 Å². The van der Waals surface area contributed by atoms with E-state index in [0.717, 1.165) is 10.5 Å². The van der Waals surface area contributed by atoms with Gasteiger partial charge in [0.2, 0.25) is 0 Å². The van der Waals surface area contributed by atoms with Crippen LogP contribution in [0.1, 0.15) is 17.2 Å². The van der Waals surface area contributed by atoms with Crippen LogP contribution < -0.4 is 5.73 Å². The molecule has 0 radical (unpaired) electrons. The fraction of sp³-hybridized carbons (Fsp3) is 0.143. The van der Waals surface area contributed by atoms with E-state index in [2.05, 4.69) is 15.9 Å². The van der Waals surface area contributed by atoms with Crippen molar-refractivity contribution in [1.82, 2.24) is 0 Å². The molecule has 0 aliphatic heterocycles. The summed E-state index contributed by atoms with van der Waals surface area (Å²) in [5.41, 5.74) is 6.95. The van der Waals surface area contributed by atoms with E-state index in [1.54, 1.807) is 18.2 Å². The third-order valence-corrected chi connectivity index (χ3v) is 4.16. The summed E-state index contributed by atoms with van der Waals surface area (Å²) in [6, 6.07) is 8.92. The first-order chi connectivity index (χ1) is 9.00. The molecule has 0 saturated heterocycles. The summed E-state index contributed by atoms with van der Waals surface area (Å²) < 4.78 is 27.4. The van der Waals surface area contributed by atoms with Gasteiger partial charge in [-0.1, -0.05) is 35.9 Å². The van der Waals surface area contributed by atoms with Crippen molar-refractivity contribution in [3.63, 3.8) is 0 Å². The molecule has 5 heteroatoms. The topological polar surface area (TPSA) is 26.0 Å². The largest absolute Gasteiger partial charge is 0.324 e. The van der Waals surface area contributed by atoms with Crippen LogP contribution in [0.15, 0.2) is 40.9 Å². The van der Waals surface area contributed by atoms with Crippen molar-refractivity contribution in [3.8, 4) is 0 Å². The first-order valence-electron chi connectivity index (χ1n) is 5.63. The molecule has 2 aromatic rings. The van der Waals surface area contributed by atoms with Crippen LogP contribution in [0.2, 0.25) is 5.02 Å². The Labute approximate surface area is 123 Å². The Kier molecular flexibility index (Phi) is 4.55. The molecule has 0 bridgehead atoms. The van der Waals surface area contributed by atoms with Crippen LogP contribution in [0, 0.1) is 11.6 Å². The lowest BCUT2D eigenvalue weighted by Gasteiger charge is -2.15. The molecule has 2 aromatic carbocycles. The number of hydrogen-bond donors (Lipinski definition) is 1. The van der Waals surface area contributed by atoms with E-state index >= 15 is 0 Å². The van der Waals surface area contributed by atoms with Gasteiger partial charge in [0.25, 0.3) is 0 Å². The molecule has 19 heavy (non-hydrogen) atoms. The predicted molar refractivity (Wildman–Crippen MR) is 76.1 cm³/mol. The number of halogens is 4. The van der Waals surface area contributed by atoms with Crippen molar-refractivity contribution in [2.45, 2.75) is 12.5 Å². The van der Waals surface area contributed by atoms with Gasteiger partial charge in [0.1, 0.15) is 0 Å². The van der Waals surface area contributed by atoms with Gasteiger partial charge in [-0.3, -0.25) is 0 Å². The van der Waals surface area contributed by atoms with Crippen molar-refractivity contribution in [1.29, 1.82) is 0 Å². The van der Waals surface area contributed by atoms with Crippen LogP contribution in [0.3, 0.4) is 0 Å². The quantitative estimate of drug-likeness (QED) is 0.862. The van der Waals surface area contributed by atoms with E-state index < -0.39 is 17.7 Å². The lowest BCUT2D eigenvalue weighted by atomic mass is 9.99. The number of benzene rings is 2. The first kappa shape index (κ1) is 14.4. The lowest BCUT2D eigenvalue weighted by Crippen LogP contribution is -2.15. The third kappa shape index (κ3) is 3.14. The first-order valence-corrected chi connectivity index (χ1v) is 6.80. The van der Waals surface area contributed by atoms with E-state index in [1.807, 2.05) is 0 Å². The summed E-state index contributed by atoms with van der Waals surface area (Å²) in [6.07, 6.45) is 0.180. The number of nitrogens with two attached hydrogens (primary N) is 1. The Hall–Kier alpha value is -0.970.